The highest BCUT2D eigenvalue weighted by atomic mass is 16.2. The van der Waals surface area contributed by atoms with Crippen LogP contribution < -0.4 is 11.1 Å². The van der Waals surface area contributed by atoms with Gasteiger partial charge in [0.2, 0.25) is 5.91 Å². The van der Waals surface area contributed by atoms with Crippen molar-refractivity contribution in [1.82, 2.24) is 10.2 Å². The summed E-state index contributed by atoms with van der Waals surface area (Å²) >= 11 is 0. The van der Waals surface area contributed by atoms with Crippen LogP contribution in [0.25, 0.3) is 0 Å². The molecule has 3 N–H and O–H groups in total. The molecule has 0 saturated carbocycles. The maximum atomic E-state index is 11.5. The van der Waals surface area contributed by atoms with E-state index in [1.165, 1.54) is 0 Å². The lowest BCUT2D eigenvalue weighted by Crippen LogP contribution is -2.41. The van der Waals surface area contributed by atoms with Crippen LogP contribution in [0.2, 0.25) is 0 Å². The molecule has 0 aliphatic carbocycles. The van der Waals surface area contributed by atoms with Crippen molar-refractivity contribution in [3.8, 4) is 0 Å². The Hall–Kier alpha value is -0.610. The number of nitrogens with zero attached hydrogens (tertiary/aromatic N) is 1. The summed E-state index contributed by atoms with van der Waals surface area (Å²) < 4.78 is 0. The van der Waals surface area contributed by atoms with Crippen molar-refractivity contribution in [3.63, 3.8) is 0 Å². The first-order chi connectivity index (χ1) is 7.49. The minimum atomic E-state index is -0.340. The van der Waals surface area contributed by atoms with Gasteiger partial charge >= 0.3 is 0 Å². The van der Waals surface area contributed by atoms with Gasteiger partial charge in [-0.25, -0.2) is 0 Å². The summed E-state index contributed by atoms with van der Waals surface area (Å²) in [5, 5.41) is 2.87. The van der Waals surface area contributed by atoms with E-state index >= 15 is 0 Å². The second-order valence-electron chi connectivity index (χ2n) is 4.61. The molecule has 0 heterocycles. The van der Waals surface area contributed by atoms with Crippen LogP contribution in [0.5, 0.6) is 0 Å². The lowest BCUT2D eigenvalue weighted by Gasteiger charge is -2.21. The molecule has 0 unspecified atom stereocenters. The molecule has 0 bridgehead atoms. The second-order valence-corrected chi connectivity index (χ2v) is 4.61. The van der Waals surface area contributed by atoms with Crippen molar-refractivity contribution in [2.75, 3.05) is 20.1 Å². The van der Waals surface area contributed by atoms with Crippen molar-refractivity contribution in [2.24, 2.45) is 5.73 Å². The molecule has 0 aromatic heterocycles. The summed E-state index contributed by atoms with van der Waals surface area (Å²) in [7, 11) is 2.09. The van der Waals surface area contributed by atoms with E-state index in [0.29, 0.717) is 12.6 Å². The quantitative estimate of drug-likeness (QED) is 0.610. The zero-order chi connectivity index (χ0) is 12.6. The van der Waals surface area contributed by atoms with Gasteiger partial charge in [-0.3, -0.25) is 4.79 Å². The Morgan fingerprint density at radius 1 is 1.44 bits per heavy atom. The number of amides is 1. The second kappa shape index (κ2) is 8.53. The minimum absolute atomic E-state index is 0.0194. The monoisotopic (exact) mass is 229 g/mol. The van der Waals surface area contributed by atoms with E-state index in [4.69, 9.17) is 5.73 Å². The largest absolute Gasteiger partial charge is 0.355 e. The molecule has 1 atom stereocenters. The Balaban J connectivity index is 3.55. The zero-order valence-corrected chi connectivity index (χ0v) is 11.1. The van der Waals surface area contributed by atoms with Crippen LogP contribution in [0.15, 0.2) is 0 Å². The van der Waals surface area contributed by atoms with E-state index in [1.54, 1.807) is 0 Å². The Morgan fingerprint density at radius 3 is 2.56 bits per heavy atom. The predicted molar refractivity (Wildman–Crippen MR) is 68.3 cm³/mol. The fourth-order valence-corrected chi connectivity index (χ4v) is 1.37. The third-order valence-corrected chi connectivity index (χ3v) is 2.80. The maximum Gasteiger partial charge on any atom is 0.236 e. The van der Waals surface area contributed by atoms with Crippen molar-refractivity contribution < 1.29 is 4.79 Å². The summed E-state index contributed by atoms with van der Waals surface area (Å²) in [5.41, 5.74) is 5.70. The van der Waals surface area contributed by atoms with Crippen molar-refractivity contribution in [3.05, 3.63) is 0 Å². The van der Waals surface area contributed by atoms with Gasteiger partial charge in [-0.15, -0.1) is 0 Å². The van der Waals surface area contributed by atoms with Gasteiger partial charge in [-0.05, 0) is 40.3 Å². The zero-order valence-electron chi connectivity index (χ0n) is 11.1. The minimum Gasteiger partial charge on any atom is -0.355 e. The van der Waals surface area contributed by atoms with Crippen LogP contribution in [0.1, 0.15) is 40.0 Å². The van der Waals surface area contributed by atoms with Crippen molar-refractivity contribution in [1.29, 1.82) is 0 Å². The van der Waals surface area contributed by atoms with Gasteiger partial charge in [0.05, 0.1) is 6.04 Å². The van der Waals surface area contributed by atoms with Gasteiger partial charge in [0.1, 0.15) is 0 Å². The van der Waals surface area contributed by atoms with Gasteiger partial charge in [0.25, 0.3) is 0 Å². The average Bonchev–Trinajstić information content (AvgIpc) is 2.23. The molecule has 0 aromatic carbocycles. The molecule has 0 aromatic rings. The van der Waals surface area contributed by atoms with Crippen molar-refractivity contribution in [2.45, 2.75) is 52.1 Å². The van der Waals surface area contributed by atoms with E-state index < -0.39 is 0 Å². The normalized spacial score (nSPS) is 13.2. The molecule has 0 fully saturated rings. The summed E-state index contributed by atoms with van der Waals surface area (Å²) in [6.45, 7) is 8.07. The predicted octanol–water partition coefficient (Wildman–Crippen LogP) is 0.960. The summed E-state index contributed by atoms with van der Waals surface area (Å²) in [4.78, 5) is 13.7. The fourth-order valence-electron chi connectivity index (χ4n) is 1.37. The third kappa shape index (κ3) is 6.80. The maximum absolute atomic E-state index is 11.5. The summed E-state index contributed by atoms with van der Waals surface area (Å²) in [6, 6.07) is 0.214. The SMILES string of the molecule is CCC[C@H](N)C(=O)NCCCN(C)C(C)C. The summed E-state index contributed by atoms with van der Waals surface area (Å²) in [5.74, 6) is -0.0194. The number of nitrogens with one attached hydrogen (secondary N) is 1. The first-order valence-electron chi connectivity index (χ1n) is 6.22. The summed E-state index contributed by atoms with van der Waals surface area (Å²) in [6.07, 6.45) is 2.68. The number of hydrogen-bond acceptors (Lipinski definition) is 3. The molecule has 96 valence electrons. The highest BCUT2D eigenvalue weighted by Gasteiger charge is 2.11. The molecule has 0 aliphatic rings. The first kappa shape index (κ1) is 15.4. The third-order valence-electron chi connectivity index (χ3n) is 2.80. The number of carbonyl (C=O) groups is 1. The van der Waals surface area contributed by atoms with Crippen LogP contribution in [-0.2, 0) is 4.79 Å². The smallest absolute Gasteiger partial charge is 0.236 e. The van der Waals surface area contributed by atoms with Crippen LogP contribution in [0.4, 0.5) is 0 Å². The number of hydrogen-bond donors (Lipinski definition) is 2. The van der Waals surface area contributed by atoms with E-state index in [0.717, 1.165) is 25.8 Å². The van der Waals surface area contributed by atoms with Gasteiger partial charge in [-0.2, -0.15) is 0 Å². The number of carbonyl (C=O) groups excluding carboxylic acids is 1. The Morgan fingerprint density at radius 2 is 2.06 bits per heavy atom. The molecule has 0 saturated heterocycles. The lowest BCUT2D eigenvalue weighted by atomic mass is 10.1. The molecule has 4 heteroatoms. The van der Waals surface area contributed by atoms with Gasteiger partial charge in [-0.1, -0.05) is 13.3 Å². The number of rotatable bonds is 8. The highest BCUT2D eigenvalue weighted by molar-refractivity contribution is 5.81. The van der Waals surface area contributed by atoms with Crippen molar-refractivity contribution >= 4 is 5.91 Å². The lowest BCUT2D eigenvalue weighted by molar-refractivity contribution is -0.122. The molecule has 0 rings (SSSR count). The Labute approximate surface area is 99.6 Å². The average molecular weight is 229 g/mol. The molecule has 0 radical (unpaired) electrons. The molecular weight excluding hydrogens is 202 g/mol. The van der Waals surface area contributed by atoms with Crippen LogP contribution >= 0.6 is 0 Å². The van der Waals surface area contributed by atoms with E-state index in [-0.39, 0.29) is 11.9 Å². The van der Waals surface area contributed by atoms with Gasteiger partial charge in [0, 0.05) is 12.6 Å². The van der Waals surface area contributed by atoms with E-state index in [2.05, 4.69) is 31.1 Å². The number of nitrogens with two attached hydrogens (primary N) is 1. The fraction of sp³-hybridized carbons (Fsp3) is 0.917. The van der Waals surface area contributed by atoms with Crippen LogP contribution in [-0.4, -0.2) is 43.0 Å². The van der Waals surface area contributed by atoms with Gasteiger partial charge < -0.3 is 16.0 Å². The molecule has 16 heavy (non-hydrogen) atoms. The highest BCUT2D eigenvalue weighted by Crippen LogP contribution is 1.95. The van der Waals surface area contributed by atoms with Crippen LogP contribution in [0, 0.1) is 0 Å². The topological polar surface area (TPSA) is 58.4 Å². The molecule has 0 aliphatic heterocycles. The first-order valence-corrected chi connectivity index (χ1v) is 6.22. The standard InChI is InChI=1S/C12H27N3O/c1-5-7-11(13)12(16)14-8-6-9-15(4)10(2)3/h10-11H,5-9,13H2,1-4H3,(H,14,16)/t11-/m0/s1. The van der Waals surface area contributed by atoms with E-state index in [9.17, 15) is 4.79 Å². The van der Waals surface area contributed by atoms with Crippen LogP contribution in [0.3, 0.4) is 0 Å². The van der Waals surface area contributed by atoms with Gasteiger partial charge in [0.15, 0.2) is 0 Å². The molecule has 0 spiro atoms. The Bertz CT molecular complexity index is 195. The molecular formula is C12H27N3O. The van der Waals surface area contributed by atoms with E-state index in [1.807, 2.05) is 6.92 Å². The Kier molecular flexibility index (Phi) is 8.21. The molecule has 4 nitrogen and oxygen atoms in total. The molecule has 1 amide bonds.